The van der Waals surface area contributed by atoms with Gasteiger partial charge >= 0.3 is 6.01 Å². The van der Waals surface area contributed by atoms with Crippen LogP contribution in [0.3, 0.4) is 0 Å². The largest absolute Gasteiger partial charge is 0.404 e. The lowest BCUT2D eigenvalue weighted by Crippen LogP contribution is -1.81. The second-order valence-corrected chi connectivity index (χ2v) is 4.24. The van der Waals surface area contributed by atoms with E-state index in [0.29, 0.717) is 5.89 Å². The maximum atomic E-state index is 5.35. The van der Waals surface area contributed by atoms with E-state index in [2.05, 4.69) is 17.1 Å². The van der Waals surface area contributed by atoms with Crippen molar-refractivity contribution in [3.05, 3.63) is 24.3 Å². The van der Waals surface area contributed by atoms with E-state index in [1.165, 1.54) is 4.90 Å². The van der Waals surface area contributed by atoms with Crippen LogP contribution in [0.5, 0.6) is 0 Å². The van der Waals surface area contributed by atoms with Gasteiger partial charge in [0.25, 0.3) is 0 Å². The fraction of sp³-hybridized carbons (Fsp3) is 0.200. The Morgan fingerprint density at radius 3 is 2.53 bits per heavy atom. The molecule has 0 amide bonds. The van der Waals surface area contributed by atoms with Crippen molar-refractivity contribution in [1.82, 2.24) is 10.2 Å². The first-order chi connectivity index (χ1) is 7.29. The Kier molecular flexibility index (Phi) is 2.91. The maximum absolute atomic E-state index is 5.35. The summed E-state index contributed by atoms with van der Waals surface area (Å²) in [7, 11) is 0. The highest BCUT2D eigenvalue weighted by atomic mass is 32.2. The van der Waals surface area contributed by atoms with Crippen molar-refractivity contribution >= 4 is 17.8 Å². The van der Waals surface area contributed by atoms with E-state index in [4.69, 9.17) is 10.2 Å². The van der Waals surface area contributed by atoms with Crippen molar-refractivity contribution in [2.24, 2.45) is 0 Å². The minimum absolute atomic E-state index is 0.0945. The molecule has 2 N–H and O–H groups in total. The first kappa shape index (κ1) is 10.0. The lowest BCUT2D eigenvalue weighted by molar-refractivity contribution is 0.590. The molecule has 0 saturated carbocycles. The number of hydrogen-bond acceptors (Lipinski definition) is 5. The Labute approximate surface area is 91.9 Å². The molecule has 0 atom stereocenters. The van der Waals surface area contributed by atoms with Crippen LogP contribution in [0.1, 0.15) is 6.92 Å². The second-order valence-electron chi connectivity index (χ2n) is 2.90. The van der Waals surface area contributed by atoms with Crippen LogP contribution in [0, 0.1) is 0 Å². The third-order valence-corrected chi connectivity index (χ3v) is 2.75. The monoisotopic (exact) mass is 221 g/mol. The molecule has 78 valence electrons. The molecule has 0 radical (unpaired) electrons. The maximum Gasteiger partial charge on any atom is 0.313 e. The lowest BCUT2D eigenvalue weighted by Gasteiger charge is -1.98. The van der Waals surface area contributed by atoms with Crippen LogP contribution in [-0.2, 0) is 0 Å². The topological polar surface area (TPSA) is 64.9 Å². The van der Waals surface area contributed by atoms with Crippen LogP contribution < -0.4 is 5.73 Å². The third kappa shape index (κ3) is 2.30. The molecule has 0 bridgehead atoms. The molecule has 0 aliphatic carbocycles. The smallest absolute Gasteiger partial charge is 0.313 e. The van der Waals surface area contributed by atoms with Crippen molar-refractivity contribution in [2.75, 3.05) is 11.5 Å². The lowest BCUT2D eigenvalue weighted by atomic mass is 10.2. The predicted octanol–water partition coefficient (Wildman–Crippen LogP) is 2.43. The number of nitrogens with two attached hydrogens (primary N) is 1. The van der Waals surface area contributed by atoms with Crippen LogP contribution in [0.15, 0.2) is 33.6 Å². The van der Waals surface area contributed by atoms with E-state index in [0.717, 1.165) is 11.3 Å². The number of thioether (sulfide) groups is 1. The summed E-state index contributed by atoms with van der Waals surface area (Å²) in [6.07, 6.45) is 0. The highest BCUT2D eigenvalue weighted by molar-refractivity contribution is 7.99. The molecule has 4 nitrogen and oxygen atoms in total. The number of nitrogen functional groups attached to an aromatic ring is 1. The summed E-state index contributed by atoms with van der Waals surface area (Å²) in [5, 5.41) is 7.42. The number of hydrogen-bond donors (Lipinski definition) is 1. The van der Waals surface area contributed by atoms with Gasteiger partial charge in [-0.05, 0) is 30.0 Å². The number of aromatic nitrogens is 2. The Morgan fingerprint density at radius 1 is 1.27 bits per heavy atom. The highest BCUT2D eigenvalue weighted by Crippen LogP contribution is 2.23. The molecule has 0 spiro atoms. The Hall–Kier alpha value is -1.49. The number of anilines is 1. The van der Waals surface area contributed by atoms with Gasteiger partial charge in [-0.15, -0.1) is 16.9 Å². The predicted molar refractivity (Wildman–Crippen MR) is 60.5 cm³/mol. The summed E-state index contributed by atoms with van der Waals surface area (Å²) in [5.41, 5.74) is 6.24. The zero-order valence-electron chi connectivity index (χ0n) is 8.30. The summed E-state index contributed by atoms with van der Waals surface area (Å²) in [6, 6.07) is 8.06. The average Bonchev–Trinajstić information content (AvgIpc) is 2.67. The molecule has 5 heteroatoms. The molecular formula is C10H11N3OS. The standard InChI is InChI=1S/C10H11N3OS/c1-2-15-8-5-3-7(4-6-8)9-12-13-10(11)14-9/h3-6H,2H2,1H3,(H2,11,13). The van der Waals surface area contributed by atoms with Gasteiger partial charge in [-0.2, -0.15) is 0 Å². The summed E-state index contributed by atoms with van der Waals surface area (Å²) in [4.78, 5) is 1.23. The molecule has 0 saturated heterocycles. The van der Waals surface area contributed by atoms with E-state index in [1.54, 1.807) is 11.8 Å². The number of benzene rings is 1. The molecule has 0 aliphatic heterocycles. The van der Waals surface area contributed by atoms with Crippen molar-refractivity contribution < 1.29 is 4.42 Å². The van der Waals surface area contributed by atoms with E-state index >= 15 is 0 Å². The second kappa shape index (κ2) is 4.35. The van der Waals surface area contributed by atoms with Crippen LogP contribution in [0.25, 0.3) is 11.5 Å². The van der Waals surface area contributed by atoms with Gasteiger partial charge in [0.1, 0.15) is 0 Å². The zero-order chi connectivity index (χ0) is 10.7. The molecule has 1 aromatic heterocycles. The van der Waals surface area contributed by atoms with Crippen LogP contribution in [0.4, 0.5) is 6.01 Å². The van der Waals surface area contributed by atoms with Gasteiger partial charge in [-0.1, -0.05) is 12.0 Å². The van der Waals surface area contributed by atoms with Gasteiger partial charge in [-0.25, -0.2) is 0 Å². The number of rotatable bonds is 3. The third-order valence-electron chi connectivity index (χ3n) is 1.85. The highest BCUT2D eigenvalue weighted by Gasteiger charge is 2.05. The average molecular weight is 221 g/mol. The van der Waals surface area contributed by atoms with Gasteiger partial charge < -0.3 is 10.2 Å². The van der Waals surface area contributed by atoms with Crippen molar-refractivity contribution in [1.29, 1.82) is 0 Å². The Morgan fingerprint density at radius 2 is 2.00 bits per heavy atom. The van der Waals surface area contributed by atoms with E-state index in [1.807, 2.05) is 24.3 Å². The summed E-state index contributed by atoms with van der Waals surface area (Å²) in [6.45, 7) is 2.12. The fourth-order valence-corrected chi connectivity index (χ4v) is 1.87. The fourth-order valence-electron chi connectivity index (χ4n) is 1.21. The van der Waals surface area contributed by atoms with Crippen molar-refractivity contribution in [2.45, 2.75) is 11.8 Å². The van der Waals surface area contributed by atoms with Gasteiger partial charge in [-0.3, -0.25) is 0 Å². The molecular weight excluding hydrogens is 210 g/mol. The van der Waals surface area contributed by atoms with Crippen LogP contribution in [0.2, 0.25) is 0 Å². The van der Waals surface area contributed by atoms with Gasteiger partial charge in [0.15, 0.2) is 0 Å². The number of nitrogens with zero attached hydrogens (tertiary/aromatic N) is 2. The zero-order valence-corrected chi connectivity index (χ0v) is 9.12. The van der Waals surface area contributed by atoms with Crippen molar-refractivity contribution in [3.63, 3.8) is 0 Å². The molecule has 0 unspecified atom stereocenters. The molecule has 0 aliphatic rings. The van der Waals surface area contributed by atoms with Crippen LogP contribution in [-0.4, -0.2) is 16.0 Å². The molecule has 2 aromatic rings. The molecule has 1 aromatic carbocycles. The van der Waals surface area contributed by atoms with Crippen LogP contribution >= 0.6 is 11.8 Å². The quantitative estimate of drug-likeness (QED) is 0.806. The van der Waals surface area contributed by atoms with Gasteiger partial charge in [0.05, 0.1) is 0 Å². The normalized spacial score (nSPS) is 10.5. The Bertz CT molecular complexity index is 438. The summed E-state index contributed by atoms with van der Waals surface area (Å²) >= 11 is 1.79. The van der Waals surface area contributed by atoms with E-state index in [9.17, 15) is 0 Å². The molecule has 2 rings (SSSR count). The SMILES string of the molecule is CCSc1ccc(-c2nnc(N)o2)cc1. The van der Waals surface area contributed by atoms with Gasteiger partial charge in [0, 0.05) is 10.5 Å². The van der Waals surface area contributed by atoms with Crippen molar-refractivity contribution in [3.8, 4) is 11.5 Å². The van der Waals surface area contributed by atoms with E-state index < -0.39 is 0 Å². The molecule has 15 heavy (non-hydrogen) atoms. The summed E-state index contributed by atoms with van der Waals surface area (Å²) in [5.74, 6) is 1.52. The minimum atomic E-state index is 0.0945. The minimum Gasteiger partial charge on any atom is -0.404 e. The molecule has 1 heterocycles. The summed E-state index contributed by atoms with van der Waals surface area (Å²) < 4.78 is 5.12. The van der Waals surface area contributed by atoms with E-state index in [-0.39, 0.29) is 6.01 Å². The van der Waals surface area contributed by atoms with Gasteiger partial charge in [0.2, 0.25) is 5.89 Å². The Balaban J connectivity index is 2.23. The molecule has 0 fully saturated rings. The first-order valence-corrected chi connectivity index (χ1v) is 5.60. The first-order valence-electron chi connectivity index (χ1n) is 4.62.